The van der Waals surface area contributed by atoms with Crippen molar-refractivity contribution in [2.45, 2.75) is 32.4 Å². The third kappa shape index (κ3) is 2.47. The van der Waals surface area contributed by atoms with E-state index in [0.717, 1.165) is 29.7 Å². The number of anilines is 1. The molecule has 0 unspecified atom stereocenters. The summed E-state index contributed by atoms with van der Waals surface area (Å²) in [5.41, 5.74) is 2.68. The second-order valence-electron chi connectivity index (χ2n) is 6.05. The van der Waals surface area contributed by atoms with Crippen LogP contribution in [-0.2, 0) is 6.54 Å². The van der Waals surface area contributed by atoms with Gasteiger partial charge in [-0.1, -0.05) is 12.1 Å². The van der Waals surface area contributed by atoms with E-state index in [9.17, 15) is 10.1 Å². The Morgan fingerprint density at radius 3 is 2.88 bits per heavy atom. The fourth-order valence-corrected chi connectivity index (χ4v) is 3.03. The van der Waals surface area contributed by atoms with Crippen molar-refractivity contribution < 1.29 is 4.92 Å². The van der Waals surface area contributed by atoms with Crippen LogP contribution in [0.1, 0.15) is 30.3 Å². The van der Waals surface area contributed by atoms with Crippen molar-refractivity contribution in [1.82, 2.24) is 14.5 Å². The van der Waals surface area contributed by atoms with Crippen LogP contribution >= 0.6 is 0 Å². The van der Waals surface area contributed by atoms with E-state index in [1.807, 2.05) is 18.2 Å². The first kappa shape index (κ1) is 14.6. The number of nitrogens with one attached hydrogen (secondary N) is 1. The van der Waals surface area contributed by atoms with Gasteiger partial charge in [0, 0.05) is 17.8 Å². The van der Waals surface area contributed by atoms with Crippen molar-refractivity contribution in [1.29, 1.82) is 0 Å². The quantitative estimate of drug-likeness (QED) is 0.573. The number of imidazole rings is 1. The van der Waals surface area contributed by atoms with Gasteiger partial charge in [0.2, 0.25) is 5.82 Å². The molecule has 1 N–H and O–H groups in total. The lowest BCUT2D eigenvalue weighted by atomic mass is 10.2. The molecule has 0 aliphatic heterocycles. The van der Waals surface area contributed by atoms with Gasteiger partial charge in [-0.2, -0.15) is 0 Å². The minimum absolute atomic E-state index is 0.0200. The number of nitrogens with zero attached hydrogens (tertiary/aromatic N) is 4. The maximum absolute atomic E-state index is 11.3. The molecule has 4 rings (SSSR count). The van der Waals surface area contributed by atoms with E-state index in [4.69, 9.17) is 0 Å². The molecule has 1 aliphatic carbocycles. The maximum Gasteiger partial charge on any atom is 0.314 e. The number of benzene rings is 1. The van der Waals surface area contributed by atoms with Gasteiger partial charge >= 0.3 is 5.69 Å². The Balaban J connectivity index is 1.68. The minimum atomic E-state index is -0.394. The van der Waals surface area contributed by atoms with Crippen molar-refractivity contribution in [3.8, 4) is 0 Å². The highest BCUT2D eigenvalue weighted by molar-refractivity contribution is 5.76. The Morgan fingerprint density at radius 2 is 2.12 bits per heavy atom. The van der Waals surface area contributed by atoms with Gasteiger partial charge in [-0.15, -0.1) is 0 Å². The zero-order chi connectivity index (χ0) is 16.7. The summed E-state index contributed by atoms with van der Waals surface area (Å²) in [5, 5.41) is 14.4. The van der Waals surface area contributed by atoms with Crippen LogP contribution in [0.2, 0.25) is 0 Å². The number of aromatic nitrogens is 3. The Morgan fingerprint density at radius 1 is 1.33 bits per heavy atom. The molecule has 7 nitrogen and oxygen atoms in total. The van der Waals surface area contributed by atoms with Gasteiger partial charge in [-0.05, 0) is 38.0 Å². The fourth-order valence-electron chi connectivity index (χ4n) is 3.03. The number of nitro groups is 1. The molecule has 0 saturated heterocycles. The van der Waals surface area contributed by atoms with Gasteiger partial charge in [0.25, 0.3) is 0 Å². The molecule has 24 heavy (non-hydrogen) atoms. The molecule has 122 valence electrons. The van der Waals surface area contributed by atoms with Crippen LogP contribution in [-0.4, -0.2) is 19.5 Å². The number of hydrogen-bond acceptors (Lipinski definition) is 5. The Kier molecular flexibility index (Phi) is 3.41. The van der Waals surface area contributed by atoms with E-state index >= 15 is 0 Å². The summed E-state index contributed by atoms with van der Waals surface area (Å²) in [4.78, 5) is 19.7. The second kappa shape index (κ2) is 5.59. The number of fused-ring (bicyclic) bond motifs is 1. The molecular weight excluding hydrogens is 306 g/mol. The predicted molar refractivity (Wildman–Crippen MR) is 91.0 cm³/mol. The highest BCUT2D eigenvalue weighted by atomic mass is 16.6. The molecular formula is C17H17N5O2. The Bertz CT molecular complexity index is 930. The third-order valence-electron chi connectivity index (χ3n) is 4.30. The molecule has 0 spiro atoms. The van der Waals surface area contributed by atoms with E-state index in [1.54, 1.807) is 19.2 Å². The topological polar surface area (TPSA) is 85.9 Å². The largest absolute Gasteiger partial charge is 0.357 e. The summed E-state index contributed by atoms with van der Waals surface area (Å²) in [6.07, 6.45) is 3.88. The molecule has 7 heteroatoms. The van der Waals surface area contributed by atoms with E-state index in [1.165, 1.54) is 0 Å². The van der Waals surface area contributed by atoms with Gasteiger partial charge in [0.1, 0.15) is 5.82 Å². The summed E-state index contributed by atoms with van der Waals surface area (Å²) in [6.45, 7) is 2.12. The average molecular weight is 323 g/mol. The second-order valence-corrected chi connectivity index (χ2v) is 6.05. The molecule has 1 aliphatic rings. The molecule has 2 heterocycles. The smallest absolute Gasteiger partial charge is 0.314 e. The van der Waals surface area contributed by atoms with Gasteiger partial charge < -0.3 is 9.88 Å². The minimum Gasteiger partial charge on any atom is -0.357 e. The first-order valence-corrected chi connectivity index (χ1v) is 7.95. The highest BCUT2D eigenvalue weighted by Gasteiger charge is 2.28. The molecule has 0 amide bonds. The van der Waals surface area contributed by atoms with Crippen LogP contribution in [0.3, 0.4) is 0 Å². The van der Waals surface area contributed by atoms with E-state index in [2.05, 4.69) is 25.9 Å². The molecule has 1 aromatic carbocycles. The number of hydrogen-bond donors (Lipinski definition) is 1. The van der Waals surface area contributed by atoms with Gasteiger partial charge in [0.15, 0.2) is 0 Å². The first-order valence-electron chi connectivity index (χ1n) is 7.95. The molecule has 0 bridgehead atoms. The van der Waals surface area contributed by atoms with Crippen LogP contribution in [0.15, 0.2) is 36.5 Å². The molecule has 3 aromatic rings. The van der Waals surface area contributed by atoms with Crippen molar-refractivity contribution in [3.63, 3.8) is 0 Å². The summed E-state index contributed by atoms with van der Waals surface area (Å²) in [6, 6.07) is 10.2. The van der Waals surface area contributed by atoms with Gasteiger partial charge in [0.05, 0.1) is 22.5 Å². The number of pyridine rings is 1. The summed E-state index contributed by atoms with van der Waals surface area (Å²) in [7, 11) is 0. The van der Waals surface area contributed by atoms with Crippen molar-refractivity contribution in [2.75, 3.05) is 5.32 Å². The fraction of sp³-hybridized carbons (Fsp3) is 0.294. The van der Waals surface area contributed by atoms with Crippen LogP contribution in [0.5, 0.6) is 0 Å². The number of aryl methyl sites for hydroxylation is 1. The Labute approximate surface area is 138 Å². The average Bonchev–Trinajstić information content (AvgIpc) is 3.33. The van der Waals surface area contributed by atoms with Crippen molar-refractivity contribution >= 4 is 22.5 Å². The highest BCUT2D eigenvalue weighted by Crippen LogP contribution is 2.38. The third-order valence-corrected chi connectivity index (χ3v) is 4.30. The normalized spacial score (nSPS) is 14.0. The van der Waals surface area contributed by atoms with E-state index in [0.29, 0.717) is 18.2 Å². The summed E-state index contributed by atoms with van der Waals surface area (Å²) in [5.74, 6) is 1.17. The summed E-state index contributed by atoms with van der Waals surface area (Å²) >= 11 is 0. The van der Waals surface area contributed by atoms with Gasteiger partial charge in [-0.3, -0.25) is 10.1 Å². The van der Waals surface area contributed by atoms with Gasteiger partial charge in [-0.25, -0.2) is 9.97 Å². The lowest BCUT2D eigenvalue weighted by Gasteiger charge is -2.10. The van der Waals surface area contributed by atoms with Crippen LogP contribution in [0, 0.1) is 17.0 Å². The SMILES string of the molecule is Cc1ccnc(NCc2nc3ccccc3n2C2CC2)c1[N+](=O)[O-]. The van der Waals surface area contributed by atoms with Crippen LogP contribution < -0.4 is 5.32 Å². The molecule has 0 atom stereocenters. The standard InChI is InChI=1S/C17H17N5O2/c1-11-8-9-18-17(16(11)22(23)24)19-10-15-20-13-4-2-3-5-14(13)21(15)12-6-7-12/h2-5,8-9,12H,6-7,10H2,1H3,(H,18,19). The van der Waals surface area contributed by atoms with Crippen molar-refractivity contribution in [2.24, 2.45) is 0 Å². The van der Waals surface area contributed by atoms with E-state index < -0.39 is 4.92 Å². The number of rotatable bonds is 5. The van der Waals surface area contributed by atoms with Crippen molar-refractivity contribution in [3.05, 3.63) is 58.0 Å². The predicted octanol–water partition coefficient (Wildman–Crippen LogP) is 3.59. The monoisotopic (exact) mass is 323 g/mol. The molecule has 1 fully saturated rings. The lowest BCUT2D eigenvalue weighted by Crippen LogP contribution is -2.10. The lowest BCUT2D eigenvalue weighted by molar-refractivity contribution is -0.384. The molecule has 2 aromatic heterocycles. The Hall–Kier alpha value is -2.96. The first-order chi connectivity index (χ1) is 11.6. The number of para-hydroxylation sites is 2. The van der Waals surface area contributed by atoms with E-state index in [-0.39, 0.29) is 11.5 Å². The maximum atomic E-state index is 11.3. The molecule has 1 saturated carbocycles. The summed E-state index contributed by atoms with van der Waals surface area (Å²) < 4.78 is 2.24. The van der Waals surface area contributed by atoms with Crippen LogP contribution in [0.4, 0.5) is 11.5 Å². The zero-order valence-corrected chi connectivity index (χ0v) is 13.3. The zero-order valence-electron chi connectivity index (χ0n) is 13.3. The van der Waals surface area contributed by atoms with Crippen LogP contribution in [0.25, 0.3) is 11.0 Å². The molecule has 0 radical (unpaired) electrons.